The Hall–Kier alpha value is -2.82. The number of ether oxygens (including phenoxy) is 2. The topological polar surface area (TPSA) is 64.7 Å². The van der Waals surface area contributed by atoms with Crippen LogP contribution < -0.4 is 15.2 Å². The number of para-hydroxylation sites is 2. The maximum absolute atomic E-state index is 12.5. The second kappa shape index (κ2) is 12.4. The van der Waals surface area contributed by atoms with Crippen molar-refractivity contribution in [3.05, 3.63) is 95.6 Å². The van der Waals surface area contributed by atoms with Gasteiger partial charge in [-0.15, -0.1) is 0 Å². The van der Waals surface area contributed by atoms with Gasteiger partial charge in [-0.05, 0) is 37.0 Å². The summed E-state index contributed by atoms with van der Waals surface area (Å²) in [5, 5.41) is 12.5. The van der Waals surface area contributed by atoms with Crippen molar-refractivity contribution in [1.82, 2.24) is 0 Å². The Morgan fingerprint density at radius 1 is 0.727 bits per heavy atom. The van der Waals surface area contributed by atoms with Crippen LogP contribution in [0.2, 0.25) is 0 Å². The van der Waals surface area contributed by atoms with Gasteiger partial charge >= 0.3 is 0 Å². The van der Waals surface area contributed by atoms with E-state index in [1.54, 1.807) is 0 Å². The summed E-state index contributed by atoms with van der Waals surface area (Å²) in [5.41, 5.74) is 7.73. The molecular formula is C29H37NO3. The van der Waals surface area contributed by atoms with E-state index < -0.39 is 11.6 Å². The molecule has 176 valence electrons. The summed E-state index contributed by atoms with van der Waals surface area (Å²) < 4.78 is 12.3. The fraction of sp³-hybridized carbons (Fsp3) is 0.379. The molecule has 0 heterocycles. The predicted octanol–water partition coefficient (Wildman–Crippen LogP) is 5.85. The number of hydrogen-bond donors (Lipinski definition) is 2. The van der Waals surface area contributed by atoms with E-state index in [0.717, 1.165) is 31.2 Å². The van der Waals surface area contributed by atoms with Gasteiger partial charge in [-0.25, -0.2) is 0 Å². The summed E-state index contributed by atoms with van der Waals surface area (Å²) in [7, 11) is 0. The Labute approximate surface area is 198 Å². The van der Waals surface area contributed by atoms with Gasteiger partial charge in [-0.3, -0.25) is 0 Å². The highest BCUT2D eigenvalue weighted by Gasteiger charge is 2.42. The van der Waals surface area contributed by atoms with Crippen molar-refractivity contribution in [2.75, 3.05) is 13.2 Å². The Kier molecular flexibility index (Phi) is 9.35. The summed E-state index contributed by atoms with van der Waals surface area (Å²) in [6, 6.07) is 24.7. The van der Waals surface area contributed by atoms with Crippen LogP contribution in [-0.2, 0) is 12.0 Å². The van der Waals surface area contributed by atoms with E-state index in [9.17, 15) is 5.11 Å². The molecule has 0 aromatic heterocycles. The highest BCUT2D eigenvalue weighted by Crippen LogP contribution is 2.42. The lowest BCUT2D eigenvalue weighted by atomic mass is 9.77. The van der Waals surface area contributed by atoms with Gasteiger partial charge in [-0.2, -0.15) is 0 Å². The lowest BCUT2D eigenvalue weighted by Gasteiger charge is -2.37. The van der Waals surface area contributed by atoms with Gasteiger partial charge in [0.05, 0.1) is 13.2 Å². The minimum absolute atomic E-state index is 0.504. The van der Waals surface area contributed by atoms with E-state index in [2.05, 4.69) is 13.8 Å². The molecule has 3 rings (SSSR count). The number of nitrogens with two attached hydrogens (primary N) is 1. The summed E-state index contributed by atoms with van der Waals surface area (Å²) >= 11 is 0. The molecule has 4 heteroatoms. The van der Waals surface area contributed by atoms with Gasteiger partial charge in [0.25, 0.3) is 0 Å². The van der Waals surface area contributed by atoms with E-state index in [0.29, 0.717) is 42.3 Å². The molecule has 0 fully saturated rings. The Bertz CT molecular complexity index is 920. The van der Waals surface area contributed by atoms with Gasteiger partial charge in [0.2, 0.25) is 0 Å². The smallest absolute Gasteiger partial charge is 0.137 e. The Morgan fingerprint density at radius 3 is 1.67 bits per heavy atom. The summed E-state index contributed by atoms with van der Waals surface area (Å²) in [6.45, 7) is 5.44. The first-order valence-electron chi connectivity index (χ1n) is 12.1. The van der Waals surface area contributed by atoms with Crippen molar-refractivity contribution in [3.8, 4) is 11.5 Å². The van der Waals surface area contributed by atoms with Crippen molar-refractivity contribution >= 4 is 0 Å². The lowest BCUT2D eigenvalue weighted by molar-refractivity contribution is 0.0453. The first-order valence-corrected chi connectivity index (χ1v) is 12.1. The second-order valence-electron chi connectivity index (χ2n) is 8.46. The third-order valence-corrected chi connectivity index (χ3v) is 5.94. The number of unbranched alkanes of at least 4 members (excludes halogenated alkanes) is 2. The number of aliphatic hydroxyl groups is 1. The molecule has 0 aliphatic heterocycles. The van der Waals surface area contributed by atoms with Crippen LogP contribution in [0.25, 0.3) is 0 Å². The van der Waals surface area contributed by atoms with E-state index in [1.165, 1.54) is 0 Å². The van der Waals surface area contributed by atoms with Crippen molar-refractivity contribution in [1.29, 1.82) is 0 Å². The molecule has 0 radical (unpaired) electrons. The van der Waals surface area contributed by atoms with E-state index in [1.807, 2.05) is 78.9 Å². The fourth-order valence-electron chi connectivity index (χ4n) is 4.03. The lowest BCUT2D eigenvalue weighted by Crippen LogP contribution is -2.48. The van der Waals surface area contributed by atoms with Crippen LogP contribution in [0.5, 0.6) is 11.5 Å². The maximum atomic E-state index is 12.5. The standard InChI is InChI=1S/C29H37NO3/c1-3-5-20-32-26-18-12-10-16-24(26)29(31,28(30)22-23-14-8-7-9-15-23)25-17-11-13-19-27(25)33-21-6-4-2/h7-19,28,31H,3-6,20-22,30H2,1-2H3. The van der Waals surface area contributed by atoms with Crippen molar-refractivity contribution in [2.24, 2.45) is 5.73 Å². The first kappa shape index (κ1) is 24.8. The van der Waals surface area contributed by atoms with Gasteiger partial charge < -0.3 is 20.3 Å². The average molecular weight is 448 g/mol. The molecule has 1 unspecified atom stereocenters. The van der Waals surface area contributed by atoms with Crippen molar-refractivity contribution < 1.29 is 14.6 Å². The molecule has 33 heavy (non-hydrogen) atoms. The maximum Gasteiger partial charge on any atom is 0.137 e. The van der Waals surface area contributed by atoms with E-state index >= 15 is 0 Å². The highest BCUT2D eigenvalue weighted by atomic mass is 16.5. The fourth-order valence-corrected chi connectivity index (χ4v) is 4.03. The molecule has 3 aromatic rings. The van der Waals surface area contributed by atoms with Crippen LogP contribution in [0.15, 0.2) is 78.9 Å². The normalized spacial score (nSPS) is 12.4. The zero-order valence-electron chi connectivity index (χ0n) is 19.9. The molecule has 1 atom stereocenters. The summed E-state index contributed by atoms with van der Waals surface area (Å²) in [4.78, 5) is 0. The third kappa shape index (κ3) is 6.16. The molecule has 0 aliphatic carbocycles. The Balaban J connectivity index is 2.09. The Morgan fingerprint density at radius 2 is 1.18 bits per heavy atom. The molecule has 0 aliphatic rings. The minimum atomic E-state index is -1.50. The number of rotatable bonds is 13. The summed E-state index contributed by atoms with van der Waals surface area (Å²) in [6.07, 6.45) is 4.46. The molecule has 0 spiro atoms. The van der Waals surface area contributed by atoms with Crippen LogP contribution in [0.1, 0.15) is 56.2 Å². The SMILES string of the molecule is CCCCOc1ccccc1C(O)(c1ccccc1OCCCC)C(N)Cc1ccccc1. The van der Waals surface area contributed by atoms with E-state index in [4.69, 9.17) is 15.2 Å². The van der Waals surface area contributed by atoms with Crippen LogP contribution in [-0.4, -0.2) is 24.4 Å². The zero-order valence-corrected chi connectivity index (χ0v) is 19.9. The van der Waals surface area contributed by atoms with Crippen molar-refractivity contribution in [2.45, 2.75) is 57.6 Å². The first-order chi connectivity index (χ1) is 16.1. The highest BCUT2D eigenvalue weighted by molar-refractivity contribution is 5.51. The second-order valence-corrected chi connectivity index (χ2v) is 8.46. The monoisotopic (exact) mass is 447 g/mol. The van der Waals surface area contributed by atoms with Gasteiger partial charge in [-0.1, -0.05) is 93.4 Å². The van der Waals surface area contributed by atoms with Crippen molar-refractivity contribution in [3.63, 3.8) is 0 Å². The van der Waals surface area contributed by atoms with Crippen LogP contribution in [0.4, 0.5) is 0 Å². The molecule has 4 nitrogen and oxygen atoms in total. The molecule has 0 bridgehead atoms. The molecule has 0 saturated heterocycles. The van der Waals surface area contributed by atoms with Gasteiger partial charge in [0.1, 0.15) is 17.1 Å². The third-order valence-electron chi connectivity index (χ3n) is 5.94. The molecule has 3 aromatic carbocycles. The van der Waals surface area contributed by atoms with E-state index in [-0.39, 0.29) is 0 Å². The van der Waals surface area contributed by atoms with Gasteiger partial charge in [0, 0.05) is 17.2 Å². The minimum Gasteiger partial charge on any atom is -0.493 e. The van der Waals surface area contributed by atoms with Crippen LogP contribution in [0.3, 0.4) is 0 Å². The van der Waals surface area contributed by atoms with Crippen LogP contribution >= 0.6 is 0 Å². The average Bonchev–Trinajstić information content (AvgIpc) is 2.85. The zero-order chi connectivity index (χ0) is 23.5. The predicted molar refractivity (Wildman–Crippen MR) is 135 cm³/mol. The molecule has 0 saturated carbocycles. The quantitative estimate of drug-likeness (QED) is 0.323. The molecule has 0 amide bonds. The number of benzene rings is 3. The van der Waals surface area contributed by atoms with Crippen LogP contribution in [0, 0.1) is 0 Å². The number of hydrogen-bond acceptors (Lipinski definition) is 4. The molecular weight excluding hydrogens is 410 g/mol. The molecule has 3 N–H and O–H groups in total. The summed E-state index contributed by atoms with van der Waals surface area (Å²) in [5.74, 6) is 1.31. The van der Waals surface area contributed by atoms with Gasteiger partial charge in [0.15, 0.2) is 0 Å². The largest absolute Gasteiger partial charge is 0.493 e.